The number of H-pyrrole nitrogens is 1. The monoisotopic (exact) mass is 220 g/mol. The Hall–Kier alpha value is -2.57. The summed E-state index contributed by atoms with van der Waals surface area (Å²) in [6.45, 7) is 0. The van der Waals surface area contributed by atoms with Gasteiger partial charge in [-0.25, -0.2) is 0 Å². The Balaban J connectivity index is 2.83. The van der Waals surface area contributed by atoms with E-state index in [-0.39, 0.29) is 11.5 Å². The van der Waals surface area contributed by atoms with E-state index in [1.54, 1.807) is 12.1 Å². The zero-order chi connectivity index (χ0) is 11.7. The molecule has 4 N–H and O–H groups in total. The van der Waals surface area contributed by atoms with E-state index in [0.717, 1.165) is 0 Å². The zero-order valence-corrected chi connectivity index (χ0v) is 8.04. The quantitative estimate of drug-likeness (QED) is 0.231. The fourth-order valence-electron chi connectivity index (χ4n) is 1.57. The molecular weight excluding hydrogens is 212 g/mol. The number of hydrogen-bond donors (Lipinski definition) is 3. The van der Waals surface area contributed by atoms with E-state index in [2.05, 4.69) is 10.1 Å². The first-order valence-corrected chi connectivity index (χ1v) is 4.37. The number of nitro groups is 1. The molecule has 2 rings (SSSR count). The van der Waals surface area contributed by atoms with Crippen molar-refractivity contribution < 1.29 is 10.1 Å². The van der Waals surface area contributed by atoms with E-state index >= 15 is 0 Å². The number of fused-ring (bicyclic) bond motifs is 1. The molecule has 1 heterocycles. The predicted octanol–water partition coefficient (Wildman–Crippen LogP) is 1.17. The van der Waals surface area contributed by atoms with Crippen LogP contribution in [0.2, 0.25) is 0 Å². The lowest BCUT2D eigenvalue weighted by atomic mass is 10.1. The Kier molecular flexibility index (Phi) is 2.20. The minimum atomic E-state index is -0.510. The molecule has 0 aliphatic rings. The fourth-order valence-corrected chi connectivity index (χ4v) is 1.57. The molecule has 0 amide bonds. The van der Waals surface area contributed by atoms with Crippen molar-refractivity contribution >= 4 is 22.4 Å². The van der Waals surface area contributed by atoms with Gasteiger partial charge in [-0.15, -0.1) is 0 Å². The summed E-state index contributed by atoms with van der Waals surface area (Å²) in [5.74, 6) is -0.166. The number of oxime groups is 1. The molecule has 0 aliphatic carbocycles. The van der Waals surface area contributed by atoms with E-state index in [0.29, 0.717) is 16.5 Å². The highest BCUT2D eigenvalue weighted by Gasteiger charge is 2.18. The summed E-state index contributed by atoms with van der Waals surface area (Å²) in [5.41, 5.74) is 6.22. The highest BCUT2D eigenvalue weighted by atomic mass is 16.6. The highest BCUT2D eigenvalue weighted by Crippen LogP contribution is 2.28. The van der Waals surface area contributed by atoms with Gasteiger partial charge < -0.3 is 15.9 Å². The molecule has 0 bridgehead atoms. The van der Waals surface area contributed by atoms with Gasteiger partial charge in [0.15, 0.2) is 5.84 Å². The maximum Gasteiger partial charge on any atom is 0.279 e. The Morgan fingerprint density at radius 2 is 2.31 bits per heavy atom. The number of non-ortho nitro benzene ring substituents is 1. The summed E-state index contributed by atoms with van der Waals surface area (Å²) >= 11 is 0. The SMILES string of the molecule is NC(=NO)c1c[nH]c2cccc([N+](=O)[O-])c12. The third-order valence-corrected chi connectivity index (χ3v) is 2.26. The first-order chi connectivity index (χ1) is 7.65. The van der Waals surface area contributed by atoms with Gasteiger partial charge in [0.2, 0.25) is 0 Å². The molecule has 0 atom stereocenters. The van der Waals surface area contributed by atoms with Crippen molar-refractivity contribution in [3.8, 4) is 0 Å². The van der Waals surface area contributed by atoms with Crippen LogP contribution in [0.15, 0.2) is 29.6 Å². The van der Waals surface area contributed by atoms with Crippen molar-refractivity contribution in [2.24, 2.45) is 10.9 Å². The topological polar surface area (TPSA) is 118 Å². The van der Waals surface area contributed by atoms with Gasteiger partial charge in [-0.1, -0.05) is 11.2 Å². The Morgan fingerprint density at radius 1 is 1.56 bits per heavy atom. The molecule has 0 saturated heterocycles. The summed E-state index contributed by atoms with van der Waals surface area (Å²) in [7, 11) is 0. The van der Waals surface area contributed by atoms with Crippen LogP contribution in [0.25, 0.3) is 10.9 Å². The van der Waals surface area contributed by atoms with Crippen LogP contribution in [0.1, 0.15) is 5.56 Å². The Bertz CT molecular complexity index is 587. The Labute approximate surface area is 89.3 Å². The average molecular weight is 220 g/mol. The van der Waals surface area contributed by atoms with Crippen LogP contribution in [-0.4, -0.2) is 21.0 Å². The predicted molar refractivity (Wildman–Crippen MR) is 57.5 cm³/mol. The van der Waals surface area contributed by atoms with Crippen LogP contribution in [0.5, 0.6) is 0 Å². The molecule has 7 nitrogen and oxygen atoms in total. The van der Waals surface area contributed by atoms with Crippen LogP contribution < -0.4 is 5.73 Å². The number of aromatic amines is 1. The molecule has 1 aromatic heterocycles. The summed E-state index contributed by atoms with van der Waals surface area (Å²) < 4.78 is 0. The number of amidine groups is 1. The molecule has 2 aromatic rings. The van der Waals surface area contributed by atoms with Gasteiger partial charge in [-0.05, 0) is 6.07 Å². The Morgan fingerprint density at radius 3 is 2.94 bits per heavy atom. The normalized spacial score (nSPS) is 11.9. The number of hydrogen-bond acceptors (Lipinski definition) is 4. The van der Waals surface area contributed by atoms with Crippen molar-refractivity contribution in [2.45, 2.75) is 0 Å². The van der Waals surface area contributed by atoms with Crippen LogP contribution in [0.3, 0.4) is 0 Å². The minimum absolute atomic E-state index is 0.0830. The maximum absolute atomic E-state index is 10.8. The minimum Gasteiger partial charge on any atom is -0.409 e. The van der Waals surface area contributed by atoms with E-state index < -0.39 is 4.92 Å². The first kappa shape index (κ1) is 9.97. The van der Waals surface area contributed by atoms with Gasteiger partial charge in [-0.3, -0.25) is 10.1 Å². The van der Waals surface area contributed by atoms with Gasteiger partial charge in [0.05, 0.1) is 21.4 Å². The molecule has 0 radical (unpaired) electrons. The number of benzene rings is 1. The molecule has 0 aliphatic heterocycles. The summed E-state index contributed by atoms with van der Waals surface area (Å²) in [4.78, 5) is 13.1. The van der Waals surface area contributed by atoms with E-state index in [4.69, 9.17) is 10.9 Å². The number of nitro benzene ring substituents is 1. The lowest BCUT2D eigenvalue weighted by Crippen LogP contribution is -2.12. The molecule has 7 heteroatoms. The smallest absolute Gasteiger partial charge is 0.279 e. The van der Waals surface area contributed by atoms with Crippen molar-refractivity contribution in [3.05, 3.63) is 40.1 Å². The second-order valence-corrected chi connectivity index (χ2v) is 3.14. The standard InChI is InChI=1S/C9H8N4O3/c10-9(12-14)5-4-11-6-2-1-3-7(8(5)6)13(15)16/h1-4,11,14H,(H2,10,12). The van der Waals surface area contributed by atoms with Crippen LogP contribution in [0, 0.1) is 10.1 Å². The molecule has 82 valence electrons. The van der Waals surface area contributed by atoms with Gasteiger partial charge in [0.1, 0.15) is 0 Å². The third-order valence-electron chi connectivity index (χ3n) is 2.26. The summed E-state index contributed by atoms with van der Waals surface area (Å²) in [6.07, 6.45) is 1.46. The molecule has 0 unspecified atom stereocenters. The van der Waals surface area contributed by atoms with Gasteiger partial charge >= 0.3 is 0 Å². The highest BCUT2D eigenvalue weighted by molar-refractivity contribution is 6.11. The molecule has 0 spiro atoms. The fraction of sp³-hybridized carbons (Fsp3) is 0. The third kappa shape index (κ3) is 1.34. The molecule has 16 heavy (non-hydrogen) atoms. The molecular formula is C9H8N4O3. The van der Waals surface area contributed by atoms with E-state index in [9.17, 15) is 10.1 Å². The maximum atomic E-state index is 10.8. The van der Waals surface area contributed by atoms with Crippen molar-refractivity contribution in [2.75, 3.05) is 0 Å². The van der Waals surface area contributed by atoms with Crippen LogP contribution in [-0.2, 0) is 0 Å². The van der Waals surface area contributed by atoms with Crippen molar-refractivity contribution in [1.82, 2.24) is 4.98 Å². The zero-order valence-electron chi connectivity index (χ0n) is 8.04. The number of nitrogens with two attached hydrogens (primary N) is 1. The number of rotatable bonds is 2. The van der Waals surface area contributed by atoms with E-state index in [1.807, 2.05) is 0 Å². The number of nitrogens with zero attached hydrogens (tertiary/aromatic N) is 2. The number of aromatic nitrogens is 1. The van der Waals surface area contributed by atoms with E-state index in [1.165, 1.54) is 12.3 Å². The average Bonchev–Trinajstić information content (AvgIpc) is 2.71. The molecule has 0 fully saturated rings. The number of nitrogens with one attached hydrogen (secondary N) is 1. The van der Waals surface area contributed by atoms with Gasteiger partial charge in [0.25, 0.3) is 5.69 Å². The van der Waals surface area contributed by atoms with Gasteiger partial charge in [-0.2, -0.15) is 0 Å². The molecule has 0 saturated carbocycles. The van der Waals surface area contributed by atoms with Crippen molar-refractivity contribution in [1.29, 1.82) is 0 Å². The van der Waals surface area contributed by atoms with Crippen LogP contribution >= 0.6 is 0 Å². The summed E-state index contributed by atoms with van der Waals surface area (Å²) in [6, 6.07) is 4.61. The second-order valence-electron chi connectivity index (χ2n) is 3.14. The second kappa shape index (κ2) is 3.54. The largest absolute Gasteiger partial charge is 0.409 e. The van der Waals surface area contributed by atoms with Crippen LogP contribution in [0.4, 0.5) is 5.69 Å². The lowest BCUT2D eigenvalue weighted by molar-refractivity contribution is -0.383. The molecule has 1 aromatic carbocycles. The van der Waals surface area contributed by atoms with Crippen molar-refractivity contribution in [3.63, 3.8) is 0 Å². The summed E-state index contributed by atoms with van der Waals surface area (Å²) in [5, 5.41) is 22.6. The van der Waals surface area contributed by atoms with Gasteiger partial charge in [0, 0.05) is 12.3 Å². The first-order valence-electron chi connectivity index (χ1n) is 4.37. The lowest BCUT2D eigenvalue weighted by Gasteiger charge is -1.97.